The molecule has 7 heteroatoms. The minimum Gasteiger partial charge on any atom is -0.458 e. The van der Waals surface area contributed by atoms with Crippen LogP contribution in [0.4, 0.5) is 0 Å². The van der Waals surface area contributed by atoms with Gasteiger partial charge in [0.2, 0.25) is 0 Å². The van der Waals surface area contributed by atoms with Crippen molar-refractivity contribution in [3.8, 4) is 0 Å². The lowest BCUT2D eigenvalue weighted by Crippen LogP contribution is -2.43. The Labute approximate surface area is 136 Å². The summed E-state index contributed by atoms with van der Waals surface area (Å²) >= 11 is 1.46. The lowest BCUT2D eigenvalue weighted by atomic mass is 10.1. The van der Waals surface area contributed by atoms with Gasteiger partial charge in [0.15, 0.2) is 0 Å². The minimum absolute atomic E-state index is 0.0245. The van der Waals surface area contributed by atoms with Gasteiger partial charge in [-0.05, 0) is 26.0 Å². The quantitative estimate of drug-likeness (QED) is 0.634. The van der Waals surface area contributed by atoms with Gasteiger partial charge in [-0.15, -0.1) is 11.3 Å². The maximum Gasteiger partial charge on any atom is 0.329 e. The Kier molecular flexibility index (Phi) is 3.96. The van der Waals surface area contributed by atoms with Crippen molar-refractivity contribution in [1.29, 1.82) is 0 Å². The number of carbonyl (C=O) groups is 3. The second kappa shape index (κ2) is 5.92. The van der Waals surface area contributed by atoms with E-state index in [9.17, 15) is 14.4 Å². The molecule has 0 saturated heterocycles. The number of nitrogens with zero attached hydrogens (tertiary/aromatic N) is 2. The summed E-state index contributed by atoms with van der Waals surface area (Å²) in [4.78, 5) is 41.9. The van der Waals surface area contributed by atoms with Crippen LogP contribution >= 0.6 is 11.3 Å². The third kappa shape index (κ3) is 2.75. The van der Waals surface area contributed by atoms with Crippen molar-refractivity contribution in [2.45, 2.75) is 26.5 Å². The monoisotopic (exact) mass is 330 g/mol. The topological polar surface area (TPSA) is 76.6 Å². The minimum atomic E-state index is -0.984. The molecule has 0 saturated carbocycles. The fourth-order valence-electron chi connectivity index (χ4n) is 2.41. The Morgan fingerprint density at radius 1 is 1.26 bits per heavy atom. The number of benzene rings is 1. The first-order valence-electron chi connectivity index (χ1n) is 7.03. The van der Waals surface area contributed by atoms with Crippen molar-refractivity contribution in [3.05, 3.63) is 51.5 Å². The van der Waals surface area contributed by atoms with Crippen molar-refractivity contribution >= 4 is 29.1 Å². The lowest BCUT2D eigenvalue weighted by Gasteiger charge is -2.20. The summed E-state index contributed by atoms with van der Waals surface area (Å²) in [6.07, 6.45) is 0. The molecule has 118 valence electrons. The molecule has 1 aliphatic heterocycles. The molecule has 1 aromatic carbocycles. The maximum atomic E-state index is 12.3. The average molecular weight is 330 g/mol. The van der Waals surface area contributed by atoms with Crippen LogP contribution < -0.4 is 0 Å². The van der Waals surface area contributed by atoms with Gasteiger partial charge in [0, 0.05) is 5.38 Å². The molecule has 1 aliphatic rings. The number of fused-ring (bicyclic) bond motifs is 1. The van der Waals surface area contributed by atoms with E-state index in [1.54, 1.807) is 29.6 Å². The summed E-state index contributed by atoms with van der Waals surface area (Å²) in [5.41, 5.74) is 1.27. The summed E-state index contributed by atoms with van der Waals surface area (Å²) in [5, 5.41) is 2.68. The molecule has 23 heavy (non-hydrogen) atoms. The van der Waals surface area contributed by atoms with E-state index >= 15 is 0 Å². The first kappa shape index (κ1) is 15.4. The molecule has 0 radical (unpaired) electrons. The molecular formula is C16H14N2O4S. The largest absolute Gasteiger partial charge is 0.458 e. The van der Waals surface area contributed by atoms with Crippen LogP contribution in [0, 0.1) is 6.92 Å². The zero-order valence-corrected chi connectivity index (χ0v) is 13.4. The van der Waals surface area contributed by atoms with Crippen molar-refractivity contribution in [1.82, 2.24) is 9.88 Å². The second-order valence-corrected chi connectivity index (χ2v) is 6.23. The van der Waals surface area contributed by atoms with Crippen LogP contribution in [0.1, 0.15) is 38.3 Å². The molecule has 1 aromatic heterocycles. The molecule has 0 fully saturated rings. The molecule has 0 N–H and O–H groups in total. The second-order valence-electron chi connectivity index (χ2n) is 5.17. The predicted molar refractivity (Wildman–Crippen MR) is 83.1 cm³/mol. The standard InChI is InChI=1S/C16H14N2O4S/c1-9(16(21)22-7-11-8-23-10(2)17-11)18-14(19)12-5-3-4-6-13(12)15(18)20/h3-6,8-9H,7H2,1-2H3/t9-/m0/s1. The molecule has 0 unspecified atom stereocenters. The van der Waals surface area contributed by atoms with Crippen molar-refractivity contribution < 1.29 is 19.1 Å². The van der Waals surface area contributed by atoms with Gasteiger partial charge in [-0.2, -0.15) is 0 Å². The Hall–Kier alpha value is -2.54. The highest BCUT2D eigenvalue weighted by molar-refractivity contribution is 7.09. The Morgan fingerprint density at radius 2 is 1.87 bits per heavy atom. The van der Waals surface area contributed by atoms with Crippen LogP contribution in [0.5, 0.6) is 0 Å². The summed E-state index contributed by atoms with van der Waals surface area (Å²) in [6.45, 7) is 3.37. The van der Waals surface area contributed by atoms with E-state index in [2.05, 4.69) is 4.98 Å². The summed E-state index contributed by atoms with van der Waals surface area (Å²) in [7, 11) is 0. The summed E-state index contributed by atoms with van der Waals surface area (Å²) in [5.74, 6) is -1.58. The van der Waals surface area contributed by atoms with Crippen LogP contribution in [0.3, 0.4) is 0 Å². The van der Waals surface area contributed by atoms with E-state index in [-0.39, 0.29) is 6.61 Å². The number of carbonyl (C=O) groups excluding carboxylic acids is 3. The number of ether oxygens (including phenoxy) is 1. The van der Waals surface area contributed by atoms with E-state index in [1.165, 1.54) is 18.3 Å². The number of esters is 1. The van der Waals surface area contributed by atoms with Crippen LogP contribution in [0.15, 0.2) is 29.6 Å². The molecule has 3 rings (SSSR count). The SMILES string of the molecule is Cc1nc(COC(=O)[C@H](C)N2C(=O)c3ccccc3C2=O)cs1. The van der Waals surface area contributed by atoms with E-state index in [1.807, 2.05) is 6.92 Å². The Bertz CT molecular complexity index is 764. The molecule has 2 heterocycles. The number of amides is 2. The highest BCUT2D eigenvalue weighted by atomic mass is 32.1. The van der Waals surface area contributed by atoms with Gasteiger partial charge in [-0.3, -0.25) is 14.5 Å². The van der Waals surface area contributed by atoms with Crippen LogP contribution in [-0.2, 0) is 16.1 Å². The van der Waals surface area contributed by atoms with Crippen LogP contribution in [0.2, 0.25) is 0 Å². The van der Waals surface area contributed by atoms with E-state index < -0.39 is 23.8 Å². The number of aryl methyl sites for hydroxylation is 1. The van der Waals surface area contributed by atoms with Crippen molar-refractivity contribution in [2.75, 3.05) is 0 Å². The van der Waals surface area contributed by atoms with E-state index in [4.69, 9.17) is 4.74 Å². The van der Waals surface area contributed by atoms with Gasteiger partial charge in [0.1, 0.15) is 12.6 Å². The molecule has 1 atom stereocenters. The number of imide groups is 1. The van der Waals surface area contributed by atoms with Crippen LogP contribution in [-0.4, -0.2) is 33.7 Å². The van der Waals surface area contributed by atoms with Gasteiger partial charge in [-0.1, -0.05) is 12.1 Å². The predicted octanol–water partition coefficient (Wildman–Crippen LogP) is 2.18. The zero-order chi connectivity index (χ0) is 16.6. The highest BCUT2D eigenvalue weighted by Gasteiger charge is 2.41. The van der Waals surface area contributed by atoms with Gasteiger partial charge in [0.25, 0.3) is 11.8 Å². The van der Waals surface area contributed by atoms with Crippen LogP contribution in [0.25, 0.3) is 0 Å². The number of hydrogen-bond acceptors (Lipinski definition) is 6. The zero-order valence-electron chi connectivity index (χ0n) is 12.6. The lowest BCUT2D eigenvalue weighted by molar-refractivity contribution is -0.149. The Balaban J connectivity index is 1.71. The molecule has 6 nitrogen and oxygen atoms in total. The van der Waals surface area contributed by atoms with E-state index in [0.29, 0.717) is 16.8 Å². The third-order valence-electron chi connectivity index (χ3n) is 3.58. The van der Waals surface area contributed by atoms with Gasteiger partial charge in [-0.25, -0.2) is 9.78 Å². The van der Waals surface area contributed by atoms with Crippen molar-refractivity contribution in [2.24, 2.45) is 0 Å². The normalized spacial score (nSPS) is 14.8. The molecule has 2 amide bonds. The smallest absolute Gasteiger partial charge is 0.329 e. The third-order valence-corrected chi connectivity index (χ3v) is 4.41. The average Bonchev–Trinajstić information content (AvgIpc) is 3.07. The molecule has 0 aliphatic carbocycles. The molecule has 2 aromatic rings. The van der Waals surface area contributed by atoms with Gasteiger partial charge in [0.05, 0.1) is 21.8 Å². The number of aromatic nitrogens is 1. The maximum absolute atomic E-state index is 12.3. The van der Waals surface area contributed by atoms with Gasteiger partial charge < -0.3 is 4.74 Å². The molecule has 0 bridgehead atoms. The van der Waals surface area contributed by atoms with Gasteiger partial charge >= 0.3 is 5.97 Å². The first-order chi connectivity index (χ1) is 11.0. The fraction of sp³-hybridized carbons (Fsp3) is 0.250. The number of hydrogen-bond donors (Lipinski definition) is 0. The Morgan fingerprint density at radius 3 is 2.39 bits per heavy atom. The number of rotatable bonds is 4. The molecule has 0 spiro atoms. The van der Waals surface area contributed by atoms with E-state index in [0.717, 1.165) is 9.91 Å². The highest BCUT2D eigenvalue weighted by Crippen LogP contribution is 2.24. The summed E-state index contributed by atoms with van der Waals surface area (Å²) in [6, 6.07) is 5.53. The number of thiazole rings is 1. The van der Waals surface area contributed by atoms with Crippen molar-refractivity contribution in [3.63, 3.8) is 0 Å². The molecular weight excluding hydrogens is 316 g/mol. The summed E-state index contributed by atoms with van der Waals surface area (Å²) < 4.78 is 5.17. The fourth-order valence-corrected chi connectivity index (χ4v) is 3.00. The first-order valence-corrected chi connectivity index (χ1v) is 7.91.